The lowest BCUT2D eigenvalue weighted by molar-refractivity contribution is 0.331. The zero-order chi connectivity index (χ0) is 15.4. The first-order valence-electron chi connectivity index (χ1n) is 7.36. The second-order valence-electron chi connectivity index (χ2n) is 5.47. The van der Waals surface area contributed by atoms with Gasteiger partial charge in [-0.05, 0) is 44.5 Å². The molecule has 0 radical (unpaired) electrons. The highest BCUT2D eigenvalue weighted by molar-refractivity contribution is 9.10. The quantitative estimate of drug-likeness (QED) is 0.842. The molecule has 1 N–H and O–H groups in total. The second-order valence-corrected chi connectivity index (χ2v) is 6.33. The number of aromatic nitrogens is 2. The van der Waals surface area contributed by atoms with Crippen molar-refractivity contribution in [2.75, 3.05) is 6.54 Å². The average Bonchev–Trinajstić information content (AvgIpc) is 2.93. The van der Waals surface area contributed by atoms with E-state index in [-0.39, 0.29) is 5.92 Å². The summed E-state index contributed by atoms with van der Waals surface area (Å²) in [6.45, 7) is 9.46. The first kappa shape index (κ1) is 16.2. The van der Waals surface area contributed by atoms with Crippen molar-refractivity contribution in [3.63, 3.8) is 0 Å². The summed E-state index contributed by atoms with van der Waals surface area (Å²) in [6, 6.07) is 6.42. The zero-order valence-electron chi connectivity index (χ0n) is 13.0. The number of hydrogen-bond acceptors (Lipinski definition) is 4. The Hall–Kier alpha value is -1.20. The number of hydrogen-bond donors (Lipinski definition) is 1. The van der Waals surface area contributed by atoms with Gasteiger partial charge in [0.25, 0.3) is 0 Å². The highest BCUT2D eigenvalue weighted by Crippen LogP contribution is 2.28. The lowest BCUT2D eigenvalue weighted by Gasteiger charge is -2.17. The first-order valence-corrected chi connectivity index (χ1v) is 8.15. The van der Waals surface area contributed by atoms with Crippen LogP contribution in [0.3, 0.4) is 0 Å². The number of benzene rings is 1. The van der Waals surface area contributed by atoms with Gasteiger partial charge in [0, 0.05) is 16.1 Å². The van der Waals surface area contributed by atoms with Crippen LogP contribution in [0.1, 0.15) is 44.6 Å². The second kappa shape index (κ2) is 7.18. The number of halogens is 1. The van der Waals surface area contributed by atoms with Gasteiger partial charge in [-0.3, -0.25) is 0 Å². The first-order chi connectivity index (χ1) is 10.0. The molecule has 1 aromatic carbocycles. The van der Waals surface area contributed by atoms with Crippen molar-refractivity contribution in [2.45, 2.75) is 46.1 Å². The Balaban J connectivity index is 2.17. The summed E-state index contributed by atoms with van der Waals surface area (Å²) in [4.78, 5) is 4.55. The van der Waals surface area contributed by atoms with E-state index in [0.717, 1.165) is 23.0 Å². The van der Waals surface area contributed by atoms with E-state index in [4.69, 9.17) is 4.52 Å². The molecule has 114 valence electrons. The van der Waals surface area contributed by atoms with E-state index >= 15 is 0 Å². The van der Waals surface area contributed by atoms with E-state index in [1.807, 2.05) is 12.1 Å². The summed E-state index contributed by atoms with van der Waals surface area (Å²) in [5.74, 6) is 1.49. The molecule has 5 heteroatoms. The largest absolute Gasteiger partial charge is 0.339 e. The third-order valence-corrected chi connectivity index (χ3v) is 4.32. The van der Waals surface area contributed by atoms with Crippen molar-refractivity contribution in [1.82, 2.24) is 15.5 Å². The van der Waals surface area contributed by atoms with Crippen LogP contribution in [-0.4, -0.2) is 22.7 Å². The summed E-state index contributed by atoms with van der Waals surface area (Å²) >= 11 is 3.56. The van der Waals surface area contributed by atoms with Crippen LogP contribution in [0.5, 0.6) is 0 Å². The van der Waals surface area contributed by atoms with Gasteiger partial charge in [-0.25, -0.2) is 0 Å². The molecular weight excluding hydrogens is 330 g/mol. The summed E-state index contributed by atoms with van der Waals surface area (Å²) in [6.07, 6.45) is 1.11. The average molecular weight is 352 g/mol. The topological polar surface area (TPSA) is 51.0 Å². The molecule has 0 aliphatic heterocycles. The molecule has 0 fully saturated rings. The van der Waals surface area contributed by atoms with Crippen LogP contribution >= 0.6 is 15.9 Å². The molecule has 0 saturated heterocycles. The van der Waals surface area contributed by atoms with Gasteiger partial charge >= 0.3 is 0 Å². The van der Waals surface area contributed by atoms with Gasteiger partial charge in [0.15, 0.2) is 0 Å². The molecule has 2 atom stereocenters. The fourth-order valence-corrected chi connectivity index (χ4v) is 2.76. The Kier molecular flexibility index (Phi) is 5.53. The number of nitrogens with zero attached hydrogens (tertiary/aromatic N) is 2. The SMILES string of the molecule is CCCNC(C)C(C)c1nc(-c2ccc(C)cc2Br)no1. The molecule has 0 aliphatic carbocycles. The fraction of sp³-hybridized carbons (Fsp3) is 0.500. The molecule has 2 unspecified atom stereocenters. The van der Waals surface area contributed by atoms with Crippen molar-refractivity contribution in [2.24, 2.45) is 0 Å². The molecule has 21 heavy (non-hydrogen) atoms. The smallest absolute Gasteiger partial charge is 0.231 e. The minimum Gasteiger partial charge on any atom is -0.339 e. The number of nitrogens with one attached hydrogen (secondary N) is 1. The summed E-state index contributed by atoms with van der Waals surface area (Å²) in [7, 11) is 0. The molecular formula is C16H22BrN3O. The lowest BCUT2D eigenvalue weighted by Crippen LogP contribution is -2.31. The van der Waals surface area contributed by atoms with Crippen LogP contribution in [0.25, 0.3) is 11.4 Å². The van der Waals surface area contributed by atoms with Gasteiger partial charge in [-0.2, -0.15) is 4.98 Å². The Labute approximate surface area is 134 Å². The Morgan fingerprint density at radius 1 is 1.33 bits per heavy atom. The van der Waals surface area contributed by atoms with Gasteiger partial charge in [-0.15, -0.1) is 0 Å². The Bertz CT molecular complexity index is 597. The van der Waals surface area contributed by atoms with Crippen molar-refractivity contribution >= 4 is 15.9 Å². The normalized spacial score (nSPS) is 14.1. The van der Waals surface area contributed by atoms with Crippen molar-refractivity contribution < 1.29 is 4.52 Å². The van der Waals surface area contributed by atoms with Gasteiger partial charge in [-0.1, -0.05) is 41.0 Å². The molecule has 0 amide bonds. The van der Waals surface area contributed by atoms with Crippen LogP contribution in [-0.2, 0) is 0 Å². The minimum absolute atomic E-state index is 0.182. The third-order valence-electron chi connectivity index (χ3n) is 3.66. The molecule has 2 rings (SSSR count). The predicted molar refractivity (Wildman–Crippen MR) is 88.3 cm³/mol. The third kappa shape index (κ3) is 3.92. The Morgan fingerprint density at radius 2 is 2.10 bits per heavy atom. The summed E-state index contributed by atoms with van der Waals surface area (Å²) in [5.41, 5.74) is 2.15. The Morgan fingerprint density at radius 3 is 2.76 bits per heavy atom. The van der Waals surface area contributed by atoms with Crippen LogP contribution in [0.2, 0.25) is 0 Å². The van der Waals surface area contributed by atoms with Crippen molar-refractivity contribution in [3.05, 3.63) is 34.1 Å². The van der Waals surface area contributed by atoms with E-state index in [9.17, 15) is 0 Å². The molecule has 4 nitrogen and oxygen atoms in total. The van der Waals surface area contributed by atoms with Crippen LogP contribution in [0.4, 0.5) is 0 Å². The molecule has 0 aliphatic rings. The monoisotopic (exact) mass is 351 g/mol. The summed E-state index contributed by atoms with van der Waals surface area (Å²) < 4.78 is 6.43. The molecule has 0 saturated carbocycles. The highest BCUT2D eigenvalue weighted by atomic mass is 79.9. The zero-order valence-corrected chi connectivity index (χ0v) is 14.6. The highest BCUT2D eigenvalue weighted by Gasteiger charge is 2.21. The lowest BCUT2D eigenvalue weighted by atomic mass is 10.0. The molecule has 2 aromatic rings. The maximum atomic E-state index is 5.45. The molecule has 1 heterocycles. The van der Waals surface area contributed by atoms with Crippen molar-refractivity contribution in [3.8, 4) is 11.4 Å². The standard InChI is InChI=1S/C16H22BrN3O/c1-5-8-18-12(4)11(3)16-19-15(20-21-16)13-7-6-10(2)9-14(13)17/h6-7,9,11-12,18H,5,8H2,1-4H3. The summed E-state index contributed by atoms with van der Waals surface area (Å²) in [5, 5.41) is 7.58. The predicted octanol–water partition coefficient (Wildman–Crippen LogP) is 4.30. The molecule has 1 aromatic heterocycles. The molecule has 0 spiro atoms. The van der Waals surface area contributed by atoms with E-state index in [2.05, 4.69) is 65.1 Å². The van der Waals surface area contributed by atoms with Gasteiger partial charge in [0.1, 0.15) is 0 Å². The van der Waals surface area contributed by atoms with E-state index < -0.39 is 0 Å². The van der Waals surface area contributed by atoms with Gasteiger partial charge < -0.3 is 9.84 Å². The van der Waals surface area contributed by atoms with Gasteiger partial charge in [0.2, 0.25) is 11.7 Å². The minimum atomic E-state index is 0.182. The number of rotatable bonds is 6. The van der Waals surface area contributed by atoms with Crippen LogP contribution < -0.4 is 5.32 Å². The fourth-order valence-electron chi connectivity index (χ4n) is 2.09. The van der Waals surface area contributed by atoms with E-state index in [0.29, 0.717) is 17.8 Å². The van der Waals surface area contributed by atoms with Crippen LogP contribution in [0.15, 0.2) is 27.2 Å². The van der Waals surface area contributed by atoms with Gasteiger partial charge in [0.05, 0.1) is 5.92 Å². The maximum Gasteiger partial charge on any atom is 0.231 e. The van der Waals surface area contributed by atoms with Crippen LogP contribution in [0, 0.1) is 6.92 Å². The van der Waals surface area contributed by atoms with E-state index in [1.54, 1.807) is 0 Å². The maximum absolute atomic E-state index is 5.45. The molecule has 0 bridgehead atoms. The number of aryl methyl sites for hydroxylation is 1. The van der Waals surface area contributed by atoms with Crippen molar-refractivity contribution in [1.29, 1.82) is 0 Å². The van der Waals surface area contributed by atoms with E-state index in [1.165, 1.54) is 5.56 Å².